The van der Waals surface area contributed by atoms with Crippen molar-refractivity contribution in [3.63, 3.8) is 0 Å². The second kappa shape index (κ2) is 12.6. The van der Waals surface area contributed by atoms with E-state index in [0.29, 0.717) is 38.8 Å². The van der Waals surface area contributed by atoms with E-state index in [9.17, 15) is 9.59 Å². The zero-order valence-electron chi connectivity index (χ0n) is 20.0. The lowest BCUT2D eigenvalue weighted by atomic mass is 10.0. The highest BCUT2D eigenvalue weighted by atomic mass is 35.5. The van der Waals surface area contributed by atoms with Crippen LogP contribution in [0.2, 0.25) is 15.1 Å². The van der Waals surface area contributed by atoms with Crippen molar-refractivity contribution in [3.05, 3.63) is 81.1 Å². The van der Waals surface area contributed by atoms with Crippen LogP contribution in [-0.2, 0) is 11.3 Å². The molecule has 36 heavy (non-hydrogen) atoms. The van der Waals surface area contributed by atoms with Gasteiger partial charge in [-0.05, 0) is 48.7 Å². The summed E-state index contributed by atoms with van der Waals surface area (Å²) in [6, 6.07) is 9.56. The van der Waals surface area contributed by atoms with Gasteiger partial charge in [0.05, 0.1) is 22.4 Å². The van der Waals surface area contributed by atoms with E-state index >= 15 is 0 Å². The average Bonchev–Trinajstić information content (AvgIpc) is 3.20. The summed E-state index contributed by atoms with van der Waals surface area (Å²) in [5.74, 6) is 0.0946. The van der Waals surface area contributed by atoms with Crippen molar-refractivity contribution in [1.29, 1.82) is 0 Å². The Bertz CT molecular complexity index is 1280. The fraction of sp³-hybridized carbons (Fsp3) is 0.280. The van der Waals surface area contributed by atoms with Crippen molar-refractivity contribution in [2.24, 2.45) is 5.92 Å². The van der Waals surface area contributed by atoms with E-state index in [1.54, 1.807) is 30.3 Å². The second-order valence-electron chi connectivity index (χ2n) is 8.36. The average molecular weight is 567 g/mol. The Labute approximate surface area is 229 Å². The van der Waals surface area contributed by atoms with Gasteiger partial charge in [-0.2, -0.15) is 0 Å². The molecule has 11 heteroatoms. The number of halogens is 3. The first-order chi connectivity index (χ1) is 17.1. The summed E-state index contributed by atoms with van der Waals surface area (Å²) in [4.78, 5) is 25.6. The molecule has 0 saturated carbocycles. The highest BCUT2D eigenvalue weighted by Gasteiger charge is 2.27. The molecule has 1 aromatic heterocycles. The lowest BCUT2D eigenvalue weighted by molar-refractivity contribution is -0.113. The van der Waals surface area contributed by atoms with Gasteiger partial charge >= 0.3 is 0 Å². The van der Waals surface area contributed by atoms with Gasteiger partial charge < -0.3 is 15.2 Å². The summed E-state index contributed by atoms with van der Waals surface area (Å²) in [6.07, 6.45) is 1.71. The molecule has 190 valence electrons. The van der Waals surface area contributed by atoms with Crippen LogP contribution in [0.4, 0.5) is 5.69 Å². The number of thioether (sulfide) groups is 1. The summed E-state index contributed by atoms with van der Waals surface area (Å²) >= 11 is 19.5. The smallest absolute Gasteiger partial charge is 0.253 e. The van der Waals surface area contributed by atoms with Crippen molar-refractivity contribution in [3.8, 4) is 0 Å². The van der Waals surface area contributed by atoms with Crippen molar-refractivity contribution in [1.82, 2.24) is 20.1 Å². The van der Waals surface area contributed by atoms with Crippen LogP contribution in [0.5, 0.6) is 0 Å². The summed E-state index contributed by atoms with van der Waals surface area (Å²) in [6.45, 7) is 10.1. The third-order valence-electron chi connectivity index (χ3n) is 5.27. The fourth-order valence-electron chi connectivity index (χ4n) is 3.40. The molecule has 0 saturated heterocycles. The van der Waals surface area contributed by atoms with Crippen LogP contribution in [0.15, 0.2) is 54.2 Å². The van der Waals surface area contributed by atoms with E-state index in [0.717, 1.165) is 5.56 Å². The molecule has 0 unspecified atom stereocenters. The van der Waals surface area contributed by atoms with Gasteiger partial charge in [-0.15, -0.1) is 16.8 Å². The molecule has 0 aliphatic heterocycles. The molecule has 0 aliphatic carbocycles. The summed E-state index contributed by atoms with van der Waals surface area (Å²) in [5.41, 5.74) is 1.88. The number of rotatable bonds is 10. The zero-order valence-corrected chi connectivity index (χ0v) is 23.1. The molecule has 7 nitrogen and oxygen atoms in total. The number of aromatic nitrogens is 3. The van der Waals surface area contributed by atoms with Gasteiger partial charge in [-0.25, -0.2) is 0 Å². The van der Waals surface area contributed by atoms with Crippen molar-refractivity contribution in [2.45, 2.75) is 38.5 Å². The minimum absolute atomic E-state index is 0.0141. The van der Waals surface area contributed by atoms with Crippen LogP contribution >= 0.6 is 46.6 Å². The Morgan fingerprint density at radius 3 is 2.47 bits per heavy atom. The van der Waals surface area contributed by atoms with Gasteiger partial charge in [0.1, 0.15) is 0 Å². The molecule has 2 amide bonds. The van der Waals surface area contributed by atoms with E-state index in [-0.39, 0.29) is 28.5 Å². The number of hydrogen-bond donors (Lipinski definition) is 2. The van der Waals surface area contributed by atoms with Gasteiger partial charge in [0.15, 0.2) is 11.0 Å². The monoisotopic (exact) mass is 565 g/mol. The first-order valence-electron chi connectivity index (χ1n) is 11.1. The maximum atomic E-state index is 13.0. The molecule has 1 atom stereocenters. The van der Waals surface area contributed by atoms with Gasteiger partial charge in [0, 0.05) is 22.3 Å². The Morgan fingerprint density at radius 1 is 1.11 bits per heavy atom. The standard InChI is InChI=1S/C25H26Cl3N5O2S/c1-5-10-33-23(22(14(2)3)30-24(35)18-9-8-16(26)11-19(18)28)31-32-25(33)36-13-21(34)29-20-12-17(27)7-6-15(20)4/h5-9,11-12,14,22H,1,10,13H2,2-4H3,(H,29,34)(H,30,35)/t22-/m0/s1. The number of allylic oxidation sites excluding steroid dienone is 1. The number of nitrogens with one attached hydrogen (secondary N) is 2. The number of nitrogens with zero attached hydrogens (tertiary/aromatic N) is 3. The van der Waals surface area contributed by atoms with Crippen LogP contribution in [0.25, 0.3) is 0 Å². The Morgan fingerprint density at radius 2 is 1.81 bits per heavy atom. The molecule has 2 N–H and O–H groups in total. The molecule has 3 aromatic rings. The normalized spacial score (nSPS) is 11.9. The number of amides is 2. The molecule has 0 spiro atoms. The molecule has 1 heterocycles. The van der Waals surface area contributed by atoms with Crippen LogP contribution < -0.4 is 10.6 Å². The molecule has 2 aromatic carbocycles. The van der Waals surface area contributed by atoms with Gasteiger partial charge in [-0.1, -0.05) is 72.6 Å². The van der Waals surface area contributed by atoms with Crippen molar-refractivity contribution >= 4 is 64.1 Å². The highest BCUT2D eigenvalue weighted by Crippen LogP contribution is 2.28. The predicted octanol–water partition coefficient (Wildman–Crippen LogP) is 6.59. The van der Waals surface area contributed by atoms with Crippen LogP contribution in [0.1, 0.15) is 41.6 Å². The van der Waals surface area contributed by atoms with Crippen LogP contribution in [-0.4, -0.2) is 32.3 Å². The molecular formula is C25H26Cl3N5O2S. The third kappa shape index (κ3) is 7.03. The number of hydrogen-bond acceptors (Lipinski definition) is 5. The SMILES string of the molecule is C=CCn1c(SCC(=O)Nc2cc(Cl)ccc2C)nnc1[C@@H](NC(=O)c1ccc(Cl)cc1Cl)C(C)C. The molecule has 0 aliphatic rings. The summed E-state index contributed by atoms with van der Waals surface area (Å²) in [7, 11) is 0. The molecule has 0 bridgehead atoms. The maximum absolute atomic E-state index is 13.0. The molecule has 0 fully saturated rings. The lowest BCUT2D eigenvalue weighted by Gasteiger charge is -2.23. The summed E-state index contributed by atoms with van der Waals surface area (Å²) in [5, 5.41) is 16.3. The van der Waals surface area contributed by atoms with E-state index < -0.39 is 6.04 Å². The zero-order chi connectivity index (χ0) is 26.4. The maximum Gasteiger partial charge on any atom is 0.253 e. The topological polar surface area (TPSA) is 88.9 Å². The number of aryl methyl sites for hydroxylation is 1. The van der Waals surface area contributed by atoms with Gasteiger partial charge in [0.2, 0.25) is 5.91 Å². The van der Waals surface area contributed by atoms with Crippen LogP contribution in [0, 0.1) is 12.8 Å². The molecule has 0 radical (unpaired) electrons. The quantitative estimate of drug-likeness (QED) is 0.213. The second-order valence-corrected chi connectivity index (χ2v) is 10.6. The van der Waals surface area contributed by atoms with Crippen molar-refractivity contribution in [2.75, 3.05) is 11.1 Å². The Kier molecular flexibility index (Phi) is 9.84. The Balaban J connectivity index is 1.78. The predicted molar refractivity (Wildman–Crippen MR) is 147 cm³/mol. The largest absolute Gasteiger partial charge is 0.342 e. The van der Waals surface area contributed by atoms with Gasteiger partial charge in [0.25, 0.3) is 5.91 Å². The summed E-state index contributed by atoms with van der Waals surface area (Å²) < 4.78 is 1.84. The van der Waals surface area contributed by atoms with E-state index in [4.69, 9.17) is 34.8 Å². The van der Waals surface area contributed by atoms with E-state index in [1.807, 2.05) is 31.4 Å². The van der Waals surface area contributed by atoms with E-state index in [2.05, 4.69) is 27.4 Å². The lowest BCUT2D eigenvalue weighted by Crippen LogP contribution is -2.34. The number of carbonyl (C=O) groups is 2. The minimum Gasteiger partial charge on any atom is -0.342 e. The first-order valence-corrected chi connectivity index (χ1v) is 13.2. The molecule has 3 rings (SSSR count). The number of carbonyl (C=O) groups excluding carboxylic acids is 2. The first kappa shape index (κ1) is 28.1. The number of benzene rings is 2. The highest BCUT2D eigenvalue weighted by molar-refractivity contribution is 7.99. The van der Waals surface area contributed by atoms with Crippen LogP contribution in [0.3, 0.4) is 0 Å². The van der Waals surface area contributed by atoms with E-state index in [1.165, 1.54) is 17.8 Å². The van der Waals surface area contributed by atoms with Gasteiger partial charge in [-0.3, -0.25) is 9.59 Å². The third-order valence-corrected chi connectivity index (χ3v) is 7.02. The molecular weight excluding hydrogens is 541 g/mol. The minimum atomic E-state index is -0.464. The fourth-order valence-corrected chi connectivity index (χ4v) is 4.83. The Hall–Kier alpha value is -2.52. The number of anilines is 1. The van der Waals surface area contributed by atoms with Crippen molar-refractivity contribution < 1.29 is 9.59 Å².